The van der Waals surface area contributed by atoms with E-state index in [-0.39, 0.29) is 0 Å². The Labute approximate surface area is 211 Å². The van der Waals surface area contributed by atoms with Crippen molar-refractivity contribution in [2.24, 2.45) is 0 Å². The van der Waals surface area contributed by atoms with Gasteiger partial charge < -0.3 is 19.5 Å². The first-order valence-corrected chi connectivity index (χ1v) is 11.0. The molecule has 3 aromatic heterocycles. The van der Waals surface area contributed by atoms with Crippen molar-refractivity contribution < 1.29 is 46.1 Å². The predicted molar refractivity (Wildman–Crippen MR) is 120 cm³/mol. The van der Waals surface area contributed by atoms with Gasteiger partial charge in [0.1, 0.15) is 0 Å². The van der Waals surface area contributed by atoms with Crippen molar-refractivity contribution in [3.8, 4) is 0 Å². The number of carbonyl (C=O) groups is 2. The number of hydrogen-bond donors (Lipinski definition) is 2. The number of nitrogens with zero attached hydrogens (tertiary/aromatic N) is 7. The molecule has 0 saturated carbocycles. The molecule has 0 aromatic carbocycles. The van der Waals surface area contributed by atoms with Gasteiger partial charge in [0.2, 0.25) is 0 Å². The van der Waals surface area contributed by atoms with Crippen LogP contribution in [-0.4, -0.2) is 89.7 Å². The highest BCUT2D eigenvalue weighted by Gasteiger charge is 2.38. The summed E-state index contributed by atoms with van der Waals surface area (Å²) >= 11 is 0. The number of halogens is 6. The van der Waals surface area contributed by atoms with E-state index in [9.17, 15) is 26.3 Å². The van der Waals surface area contributed by atoms with E-state index >= 15 is 0 Å². The molecule has 0 aliphatic carbocycles. The van der Waals surface area contributed by atoms with Crippen LogP contribution in [0.15, 0.2) is 37.2 Å². The van der Waals surface area contributed by atoms with Gasteiger partial charge >= 0.3 is 24.3 Å². The van der Waals surface area contributed by atoms with E-state index in [0.29, 0.717) is 6.04 Å². The van der Waals surface area contributed by atoms with Crippen LogP contribution in [0.4, 0.5) is 32.2 Å². The molecular formula is C21H25F6N7O4. The number of carboxylic acids is 2. The Hall–Kier alpha value is -3.89. The summed E-state index contributed by atoms with van der Waals surface area (Å²) in [6.07, 6.45) is 1.54. The molecule has 38 heavy (non-hydrogen) atoms. The Morgan fingerprint density at radius 2 is 1.42 bits per heavy atom. The molecule has 1 fully saturated rings. The zero-order valence-corrected chi connectivity index (χ0v) is 20.2. The van der Waals surface area contributed by atoms with Crippen molar-refractivity contribution in [3.63, 3.8) is 0 Å². The highest BCUT2D eigenvalue weighted by Crippen LogP contribution is 2.19. The van der Waals surface area contributed by atoms with Crippen LogP contribution in [0.25, 0.3) is 5.65 Å². The maximum atomic E-state index is 10.6. The van der Waals surface area contributed by atoms with E-state index in [1.807, 2.05) is 40.1 Å². The second kappa shape index (κ2) is 12.6. The second-order valence-corrected chi connectivity index (χ2v) is 8.20. The monoisotopic (exact) mass is 553 g/mol. The van der Waals surface area contributed by atoms with E-state index in [1.54, 1.807) is 0 Å². The van der Waals surface area contributed by atoms with Crippen molar-refractivity contribution >= 4 is 23.4 Å². The molecule has 0 unspecified atom stereocenters. The zero-order valence-electron chi connectivity index (χ0n) is 20.2. The van der Waals surface area contributed by atoms with E-state index in [0.717, 1.165) is 44.2 Å². The summed E-state index contributed by atoms with van der Waals surface area (Å²) in [7, 11) is 0. The molecule has 4 rings (SSSR count). The fourth-order valence-corrected chi connectivity index (χ4v) is 3.18. The van der Waals surface area contributed by atoms with E-state index in [4.69, 9.17) is 19.8 Å². The number of hydrogen-bond acceptors (Lipinski definition) is 7. The molecule has 0 bridgehead atoms. The van der Waals surface area contributed by atoms with Gasteiger partial charge in [0.25, 0.3) is 0 Å². The molecule has 4 heterocycles. The van der Waals surface area contributed by atoms with Crippen molar-refractivity contribution in [1.82, 2.24) is 29.0 Å². The molecule has 3 aromatic rings. The van der Waals surface area contributed by atoms with Crippen LogP contribution in [-0.2, 0) is 16.1 Å². The number of alkyl halides is 6. The largest absolute Gasteiger partial charge is 0.490 e. The maximum absolute atomic E-state index is 10.6. The summed E-state index contributed by atoms with van der Waals surface area (Å²) in [6.45, 7) is 9.25. The minimum absolute atomic E-state index is 0.414. The number of imidazole rings is 1. The standard InChI is InChI=1S/C17H23N7.2C2HF3O2/c1-14(2)24-13-15(11-20-24)12-21-7-9-23(10-8-21)17-16-18-3-5-22(16)6-4-19-17;2*3-2(4,5)1(6)7/h3-6,11,13-14H,7-10,12H2,1-2H3;2*(H,6,7). The lowest BCUT2D eigenvalue weighted by Crippen LogP contribution is -2.46. The van der Waals surface area contributed by atoms with Crippen LogP contribution < -0.4 is 4.90 Å². The summed E-state index contributed by atoms with van der Waals surface area (Å²) in [6, 6.07) is 0.414. The third-order valence-corrected chi connectivity index (χ3v) is 5.04. The summed E-state index contributed by atoms with van der Waals surface area (Å²) in [5, 5.41) is 18.7. The molecule has 0 amide bonds. The van der Waals surface area contributed by atoms with Gasteiger partial charge in [0.05, 0.1) is 6.20 Å². The number of fused-ring (bicyclic) bond motifs is 1. The SMILES string of the molecule is CC(C)n1cc(CN2CCN(c3nccn4ccnc34)CC2)cn1.O=C(O)C(F)(F)F.O=C(O)C(F)(F)F. The van der Waals surface area contributed by atoms with Crippen LogP contribution in [0.1, 0.15) is 25.5 Å². The Bertz CT molecular complexity index is 1180. The topological polar surface area (TPSA) is 129 Å². The van der Waals surface area contributed by atoms with Gasteiger partial charge in [-0.2, -0.15) is 31.4 Å². The van der Waals surface area contributed by atoms with E-state index in [1.165, 1.54) is 5.56 Å². The molecule has 1 aliphatic rings. The normalized spacial score (nSPS) is 14.5. The Balaban J connectivity index is 0.000000301. The van der Waals surface area contributed by atoms with E-state index < -0.39 is 24.3 Å². The van der Waals surface area contributed by atoms with Gasteiger partial charge in [-0.25, -0.2) is 19.6 Å². The number of rotatable bonds is 4. The molecule has 11 nitrogen and oxygen atoms in total. The second-order valence-electron chi connectivity index (χ2n) is 8.20. The quantitative estimate of drug-likeness (QED) is 0.469. The number of piperazine rings is 1. The summed E-state index contributed by atoms with van der Waals surface area (Å²) in [5.41, 5.74) is 2.22. The van der Waals surface area contributed by atoms with Crippen molar-refractivity contribution in [1.29, 1.82) is 0 Å². The van der Waals surface area contributed by atoms with Gasteiger partial charge in [-0.15, -0.1) is 0 Å². The van der Waals surface area contributed by atoms with Crippen LogP contribution in [0.5, 0.6) is 0 Å². The fourth-order valence-electron chi connectivity index (χ4n) is 3.18. The number of aromatic nitrogens is 5. The van der Waals surface area contributed by atoms with Crippen LogP contribution >= 0.6 is 0 Å². The lowest BCUT2D eigenvalue weighted by atomic mass is 10.2. The number of anilines is 1. The third kappa shape index (κ3) is 8.89. The summed E-state index contributed by atoms with van der Waals surface area (Å²) in [5.74, 6) is -4.53. The molecular weight excluding hydrogens is 528 g/mol. The Morgan fingerprint density at radius 3 is 1.87 bits per heavy atom. The molecule has 210 valence electrons. The highest BCUT2D eigenvalue weighted by atomic mass is 19.4. The Morgan fingerprint density at radius 1 is 0.921 bits per heavy atom. The first-order valence-electron chi connectivity index (χ1n) is 11.0. The lowest BCUT2D eigenvalue weighted by molar-refractivity contribution is -0.193. The van der Waals surface area contributed by atoms with Gasteiger partial charge in [-0.3, -0.25) is 9.58 Å². The fraction of sp³-hybridized carbons (Fsp3) is 0.476. The summed E-state index contributed by atoms with van der Waals surface area (Å²) in [4.78, 5) is 31.6. The first kappa shape index (κ1) is 30.3. The van der Waals surface area contributed by atoms with Gasteiger partial charge in [-0.05, 0) is 13.8 Å². The van der Waals surface area contributed by atoms with Crippen molar-refractivity contribution in [2.45, 2.75) is 38.8 Å². The minimum atomic E-state index is -5.08. The van der Waals surface area contributed by atoms with Crippen LogP contribution in [0.2, 0.25) is 0 Å². The van der Waals surface area contributed by atoms with Gasteiger partial charge in [0.15, 0.2) is 11.5 Å². The Kier molecular flexibility index (Phi) is 10.0. The molecule has 17 heteroatoms. The average molecular weight is 553 g/mol. The number of aliphatic carboxylic acids is 2. The minimum Gasteiger partial charge on any atom is -0.475 e. The summed E-state index contributed by atoms with van der Waals surface area (Å²) < 4.78 is 67.5. The lowest BCUT2D eigenvalue weighted by Gasteiger charge is -2.35. The maximum Gasteiger partial charge on any atom is 0.490 e. The third-order valence-electron chi connectivity index (χ3n) is 5.04. The average Bonchev–Trinajstić information content (AvgIpc) is 3.49. The molecule has 0 radical (unpaired) electrons. The van der Waals surface area contributed by atoms with Gasteiger partial charge in [0, 0.05) is 75.3 Å². The zero-order chi connectivity index (χ0) is 28.7. The van der Waals surface area contributed by atoms with Gasteiger partial charge in [-0.1, -0.05) is 0 Å². The molecule has 0 spiro atoms. The van der Waals surface area contributed by atoms with Crippen LogP contribution in [0, 0.1) is 0 Å². The molecule has 1 aliphatic heterocycles. The van der Waals surface area contributed by atoms with Crippen molar-refractivity contribution in [3.05, 3.63) is 42.7 Å². The molecule has 0 atom stereocenters. The van der Waals surface area contributed by atoms with Crippen LogP contribution in [0.3, 0.4) is 0 Å². The highest BCUT2D eigenvalue weighted by molar-refractivity contribution is 5.73. The molecule has 2 N–H and O–H groups in total. The first-order chi connectivity index (χ1) is 17.6. The smallest absolute Gasteiger partial charge is 0.475 e. The van der Waals surface area contributed by atoms with Crippen molar-refractivity contribution in [2.75, 3.05) is 31.1 Å². The predicted octanol–water partition coefficient (Wildman–Crippen LogP) is 3.10. The molecule has 1 saturated heterocycles. The van der Waals surface area contributed by atoms with E-state index in [2.05, 4.69) is 44.9 Å². The number of carboxylic acid groups (broad SMARTS) is 2.